The van der Waals surface area contributed by atoms with Crippen molar-refractivity contribution < 1.29 is 14.3 Å². The van der Waals surface area contributed by atoms with Gasteiger partial charge in [0, 0.05) is 5.56 Å². The van der Waals surface area contributed by atoms with Crippen LogP contribution in [0.1, 0.15) is 13.3 Å². The molecule has 0 saturated carbocycles. The van der Waals surface area contributed by atoms with Crippen molar-refractivity contribution in [2.24, 2.45) is 0 Å². The number of ether oxygens (including phenoxy) is 1. The minimum Gasteiger partial charge on any atom is -0.466 e. The van der Waals surface area contributed by atoms with Gasteiger partial charge in [-0.1, -0.05) is 42.1 Å². The average molecular weight is 356 g/mol. The van der Waals surface area contributed by atoms with Gasteiger partial charge in [0.15, 0.2) is 17.3 Å². The molecular weight excluding hydrogens is 340 g/mol. The van der Waals surface area contributed by atoms with Crippen LogP contribution in [0.15, 0.2) is 47.5 Å². The molecule has 25 heavy (non-hydrogen) atoms. The minimum absolute atomic E-state index is 0.153. The normalized spacial score (nSPS) is 10.8. The molecule has 0 N–H and O–H groups in total. The van der Waals surface area contributed by atoms with Gasteiger partial charge in [-0.3, -0.25) is 9.59 Å². The zero-order chi connectivity index (χ0) is 17.6. The lowest BCUT2D eigenvalue weighted by molar-refractivity contribution is -0.145. The van der Waals surface area contributed by atoms with Gasteiger partial charge in [-0.15, -0.1) is 10.2 Å². The number of benzene rings is 1. The van der Waals surface area contributed by atoms with Crippen LogP contribution < -0.4 is 0 Å². The van der Waals surface area contributed by atoms with E-state index in [1.165, 1.54) is 11.8 Å². The van der Waals surface area contributed by atoms with E-state index in [1.807, 2.05) is 30.3 Å². The van der Waals surface area contributed by atoms with Crippen molar-refractivity contribution in [2.45, 2.75) is 18.4 Å². The molecule has 7 nitrogen and oxygen atoms in total. The highest BCUT2D eigenvalue weighted by atomic mass is 32.2. The first kappa shape index (κ1) is 17.1. The van der Waals surface area contributed by atoms with Gasteiger partial charge in [0.25, 0.3) is 0 Å². The lowest BCUT2D eigenvalue weighted by Gasteiger charge is -2.03. The summed E-state index contributed by atoms with van der Waals surface area (Å²) >= 11 is 1.27. The smallest absolute Gasteiger partial charge is 0.313 e. The van der Waals surface area contributed by atoms with Crippen molar-refractivity contribution in [1.82, 2.24) is 19.8 Å². The third-order valence-corrected chi connectivity index (χ3v) is 4.28. The quantitative estimate of drug-likeness (QED) is 0.365. The summed E-state index contributed by atoms with van der Waals surface area (Å²) < 4.78 is 6.42. The van der Waals surface area contributed by atoms with E-state index in [1.54, 1.807) is 23.6 Å². The molecular formula is C17H16N4O3S. The van der Waals surface area contributed by atoms with E-state index in [9.17, 15) is 9.59 Å². The average Bonchev–Trinajstić information content (AvgIpc) is 3.04. The van der Waals surface area contributed by atoms with E-state index < -0.39 is 5.97 Å². The zero-order valence-corrected chi connectivity index (χ0v) is 14.4. The van der Waals surface area contributed by atoms with E-state index in [0.717, 1.165) is 5.56 Å². The lowest BCUT2D eigenvalue weighted by atomic mass is 10.2. The molecule has 0 atom stereocenters. The number of carbonyl (C=O) groups excluding carboxylic acids is 2. The van der Waals surface area contributed by atoms with Crippen molar-refractivity contribution >= 4 is 29.2 Å². The number of rotatable bonds is 7. The summed E-state index contributed by atoms with van der Waals surface area (Å²) in [5, 5.41) is 13.4. The maximum Gasteiger partial charge on any atom is 0.313 e. The van der Waals surface area contributed by atoms with Crippen LogP contribution >= 0.6 is 11.8 Å². The maximum atomic E-state index is 11.8. The second-order valence-electron chi connectivity index (χ2n) is 5.14. The number of ketones is 1. The summed E-state index contributed by atoms with van der Waals surface area (Å²) in [6.45, 7) is 1.98. The van der Waals surface area contributed by atoms with Gasteiger partial charge in [-0.05, 0) is 19.1 Å². The van der Waals surface area contributed by atoms with Crippen molar-refractivity contribution in [3.05, 3.63) is 42.5 Å². The molecule has 2 heterocycles. The molecule has 2 aromatic heterocycles. The van der Waals surface area contributed by atoms with Crippen LogP contribution in [-0.2, 0) is 14.3 Å². The van der Waals surface area contributed by atoms with Crippen LogP contribution in [0.5, 0.6) is 0 Å². The Hall–Kier alpha value is -2.74. The van der Waals surface area contributed by atoms with Gasteiger partial charge in [0.05, 0.1) is 12.4 Å². The molecule has 0 fully saturated rings. The number of fused-ring (bicyclic) bond motifs is 1. The molecule has 0 unspecified atom stereocenters. The topological polar surface area (TPSA) is 86.5 Å². The molecule has 0 amide bonds. The van der Waals surface area contributed by atoms with Gasteiger partial charge < -0.3 is 4.74 Å². The number of thioether (sulfide) groups is 1. The summed E-state index contributed by atoms with van der Waals surface area (Å²) in [4.78, 5) is 23.1. The Kier molecular flexibility index (Phi) is 5.39. The molecule has 0 radical (unpaired) electrons. The Morgan fingerprint density at radius 1 is 1.12 bits per heavy atom. The number of nitrogens with zero attached hydrogens (tertiary/aromatic N) is 4. The van der Waals surface area contributed by atoms with Crippen LogP contribution in [0, 0.1) is 0 Å². The van der Waals surface area contributed by atoms with Gasteiger partial charge in [0.1, 0.15) is 11.4 Å². The predicted molar refractivity (Wildman–Crippen MR) is 93.2 cm³/mol. The van der Waals surface area contributed by atoms with E-state index >= 15 is 0 Å². The number of Topliss-reactive ketones (excluding diaryl/α,β-unsaturated/α-hetero) is 1. The first-order chi connectivity index (χ1) is 12.2. The molecule has 0 spiro atoms. The monoisotopic (exact) mass is 356 g/mol. The fourth-order valence-corrected chi connectivity index (χ4v) is 2.91. The molecule has 0 bridgehead atoms. The van der Waals surface area contributed by atoms with Crippen LogP contribution in [0.4, 0.5) is 0 Å². The SMILES string of the molecule is CCOC(=O)CC(=O)CSc1ccc2nnc(-c3ccccc3)n2n1. The Labute approximate surface area is 148 Å². The van der Waals surface area contributed by atoms with Crippen molar-refractivity contribution in [3.8, 4) is 11.4 Å². The fraction of sp³-hybridized carbons (Fsp3) is 0.235. The minimum atomic E-state index is -0.498. The molecule has 8 heteroatoms. The van der Waals surface area contributed by atoms with Crippen molar-refractivity contribution in [2.75, 3.05) is 12.4 Å². The van der Waals surface area contributed by atoms with Gasteiger partial charge in [-0.25, -0.2) is 0 Å². The third kappa shape index (κ3) is 4.21. The Bertz CT molecular complexity index is 895. The molecule has 0 aliphatic rings. The van der Waals surface area contributed by atoms with E-state index in [2.05, 4.69) is 15.3 Å². The summed E-state index contributed by atoms with van der Waals surface area (Å²) in [6, 6.07) is 13.2. The first-order valence-corrected chi connectivity index (χ1v) is 8.74. The molecule has 128 valence electrons. The summed E-state index contributed by atoms with van der Waals surface area (Å²) in [5.41, 5.74) is 1.53. The Balaban J connectivity index is 1.73. The number of carbonyl (C=O) groups is 2. The largest absolute Gasteiger partial charge is 0.466 e. The highest BCUT2D eigenvalue weighted by Gasteiger charge is 2.13. The Morgan fingerprint density at radius 2 is 1.92 bits per heavy atom. The fourth-order valence-electron chi connectivity index (χ4n) is 2.19. The third-order valence-electron chi connectivity index (χ3n) is 3.30. The second-order valence-corrected chi connectivity index (χ2v) is 6.14. The molecule has 3 rings (SSSR count). The molecule has 3 aromatic rings. The number of esters is 1. The highest BCUT2D eigenvalue weighted by molar-refractivity contribution is 7.99. The van der Waals surface area contributed by atoms with Crippen LogP contribution in [0.25, 0.3) is 17.0 Å². The van der Waals surface area contributed by atoms with E-state index in [0.29, 0.717) is 16.5 Å². The zero-order valence-electron chi connectivity index (χ0n) is 13.6. The molecule has 1 aromatic carbocycles. The number of hydrogen-bond donors (Lipinski definition) is 0. The summed E-state index contributed by atoms with van der Waals surface area (Å²) in [5.74, 6) is 0.0927. The molecule has 0 aliphatic carbocycles. The summed E-state index contributed by atoms with van der Waals surface area (Å²) in [7, 11) is 0. The standard InChI is InChI=1S/C17H16N4O3S/c1-2-24-16(23)10-13(22)11-25-15-9-8-14-18-19-17(21(14)20-15)12-6-4-3-5-7-12/h3-9H,2,10-11H2,1H3. The van der Waals surface area contributed by atoms with Crippen molar-refractivity contribution in [3.63, 3.8) is 0 Å². The number of aromatic nitrogens is 4. The van der Waals surface area contributed by atoms with Crippen molar-refractivity contribution in [1.29, 1.82) is 0 Å². The predicted octanol–water partition coefficient (Wildman–Crippen LogP) is 2.41. The summed E-state index contributed by atoms with van der Waals surface area (Å²) in [6.07, 6.45) is -0.217. The van der Waals surface area contributed by atoms with E-state index in [-0.39, 0.29) is 24.6 Å². The van der Waals surface area contributed by atoms with Crippen LogP contribution in [-0.4, -0.2) is 43.9 Å². The highest BCUT2D eigenvalue weighted by Crippen LogP contribution is 2.20. The molecule has 0 saturated heterocycles. The maximum absolute atomic E-state index is 11.8. The van der Waals surface area contributed by atoms with Crippen LogP contribution in [0.2, 0.25) is 0 Å². The lowest BCUT2D eigenvalue weighted by Crippen LogP contribution is -2.12. The van der Waals surface area contributed by atoms with E-state index in [4.69, 9.17) is 4.74 Å². The first-order valence-electron chi connectivity index (χ1n) is 7.75. The Morgan fingerprint density at radius 3 is 2.68 bits per heavy atom. The number of hydrogen-bond acceptors (Lipinski definition) is 7. The van der Waals surface area contributed by atoms with Gasteiger partial charge in [-0.2, -0.15) is 9.61 Å². The van der Waals surface area contributed by atoms with Crippen LogP contribution in [0.3, 0.4) is 0 Å². The van der Waals surface area contributed by atoms with Gasteiger partial charge >= 0.3 is 5.97 Å². The van der Waals surface area contributed by atoms with Gasteiger partial charge in [0.2, 0.25) is 0 Å². The molecule has 0 aliphatic heterocycles. The second kappa shape index (κ2) is 7.89.